The molecule has 2 unspecified atom stereocenters. The molecule has 0 saturated carbocycles. The zero-order valence-corrected chi connectivity index (χ0v) is 11.6. The molecule has 3 aliphatic rings. The molecule has 4 rings (SSSR count). The average molecular weight is 263 g/mol. The third-order valence-electron chi connectivity index (χ3n) is 5.01. The summed E-state index contributed by atoms with van der Waals surface area (Å²) in [5.41, 5.74) is 8.01. The van der Waals surface area contributed by atoms with Crippen molar-refractivity contribution in [1.82, 2.24) is 9.88 Å². The lowest BCUT2D eigenvalue weighted by molar-refractivity contribution is 0.156. The van der Waals surface area contributed by atoms with Crippen LogP contribution in [0.3, 0.4) is 0 Å². The number of nitrogens with two attached hydrogens (primary N) is 1. The van der Waals surface area contributed by atoms with Crippen LogP contribution in [0, 0.1) is 0 Å². The van der Waals surface area contributed by atoms with E-state index >= 15 is 0 Å². The van der Waals surface area contributed by atoms with Gasteiger partial charge in [0.05, 0.1) is 11.2 Å². The molecule has 0 aromatic carbocycles. The van der Waals surface area contributed by atoms with Gasteiger partial charge < -0.3 is 5.73 Å². The van der Waals surface area contributed by atoms with Crippen molar-refractivity contribution in [2.45, 2.75) is 56.5 Å². The van der Waals surface area contributed by atoms with Gasteiger partial charge in [0.15, 0.2) is 0 Å². The van der Waals surface area contributed by atoms with Gasteiger partial charge in [0.25, 0.3) is 0 Å². The van der Waals surface area contributed by atoms with Gasteiger partial charge in [-0.25, -0.2) is 4.98 Å². The van der Waals surface area contributed by atoms with Gasteiger partial charge in [-0.2, -0.15) is 0 Å². The highest BCUT2D eigenvalue weighted by molar-refractivity contribution is 7.12. The van der Waals surface area contributed by atoms with Gasteiger partial charge in [-0.15, -0.1) is 11.3 Å². The van der Waals surface area contributed by atoms with Gasteiger partial charge in [0.1, 0.15) is 5.01 Å². The molecule has 2 N–H and O–H groups in total. The number of nitrogens with zero attached hydrogens (tertiary/aromatic N) is 2. The quantitative estimate of drug-likeness (QED) is 0.843. The number of hydrogen-bond acceptors (Lipinski definition) is 4. The Hall–Kier alpha value is -0.450. The Morgan fingerprint density at radius 3 is 3.06 bits per heavy atom. The third-order valence-corrected chi connectivity index (χ3v) is 6.37. The van der Waals surface area contributed by atoms with Crippen molar-refractivity contribution in [3.63, 3.8) is 0 Å². The van der Waals surface area contributed by atoms with Crippen LogP contribution in [0.15, 0.2) is 0 Å². The van der Waals surface area contributed by atoms with E-state index in [1.807, 2.05) is 11.3 Å². The lowest BCUT2D eigenvalue weighted by atomic mass is 9.87. The van der Waals surface area contributed by atoms with Crippen molar-refractivity contribution in [3.05, 3.63) is 15.6 Å². The number of rotatable bonds is 1. The third kappa shape index (κ3) is 1.52. The molecule has 0 bridgehead atoms. The Balaban J connectivity index is 1.69. The average Bonchev–Trinajstić information content (AvgIpc) is 3.03. The fourth-order valence-electron chi connectivity index (χ4n) is 3.98. The molecule has 2 fully saturated rings. The molecule has 3 heterocycles. The topological polar surface area (TPSA) is 42.1 Å². The predicted molar refractivity (Wildman–Crippen MR) is 73.8 cm³/mol. The summed E-state index contributed by atoms with van der Waals surface area (Å²) in [5.74, 6) is 0. The van der Waals surface area contributed by atoms with Crippen LogP contribution < -0.4 is 5.73 Å². The maximum atomic E-state index is 6.80. The molecular weight excluding hydrogens is 242 g/mol. The largest absolute Gasteiger partial charge is 0.318 e. The van der Waals surface area contributed by atoms with Crippen LogP contribution in [0.1, 0.15) is 47.7 Å². The Morgan fingerprint density at radius 2 is 2.17 bits per heavy atom. The van der Waals surface area contributed by atoms with E-state index in [2.05, 4.69) is 4.90 Å². The Kier molecular flexibility index (Phi) is 2.54. The fraction of sp³-hybridized carbons (Fsp3) is 0.786. The minimum atomic E-state index is -0.143. The predicted octanol–water partition coefficient (Wildman–Crippen LogP) is 2.04. The second kappa shape index (κ2) is 4.02. The van der Waals surface area contributed by atoms with E-state index < -0.39 is 0 Å². The van der Waals surface area contributed by atoms with Gasteiger partial charge in [0, 0.05) is 17.5 Å². The van der Waals surface area contributed by atoms with Gasteiger partial charge in [-0.05, 0) is 45.1 Å². The van der Waals surface area contributed by atoms with Crippen LogP contribution in [0.25, 0.3) is 0 Å². The molecule has 1 aromatic heterocycles. The standard InChI is InChI=1S/C14H21N3S/c15-14(7-9-17-8-2-1-6-12(14)17)13-16-10-4-3-5-11(10)18-13/h12H,1-9,15H2. The first kappa shape index (κ1) is 11.4. The first-order valence-corrected chi connectivity index (χ1v) is 8.11. The highest BCUT2D eigenvalue weighted by atomic mass is 32.1. The van der Waals surface area contributed by atoms with Gasteiger partial charge in [0.2, 0.25) is 0 Å². The van der Waals surface area contributed by atoms with Crippen molar-refractivity contribution in [2.75, 3.05) is 13.1 Å². The van der Waals surface area contributed by atoms with Crippen LogP contribution in [-0.2, 0) is 18.4 Å². The van der Waals surface area contributed by atoms with Gasteiger partial charge in [-0.3, -0.25) is 4.90 Å². The fourth-order valence-corrected chi connectivity index (χ4v) is 5.31. The second-order valence-electron chi connectivity index (χ2n) is 6.08. The highest BCUT2D eigenvalue weighted by Gasteiger charge is 2.48. The van der Waals surface area contributed by atoms with Gasteiger partial charge in [-0.1, -0.05) is 6.42 Å². The summed E-state index contributed by atoms with van der Waals surface area (Å²) in [6, 6.07) is 0.553. The Bertz CT molecular complexity index is 448. The minimum absolute atomic E-state index is 0.143. The summed E-state index contributed by atoms with van der Waals surface area (Å²) in [7, 11) is 0. The molecule has 98 valence electrons. The summed E-state index contributed by atoms with van der Waals surface area (Å²) >= 11 is 1.91. The first-order chi connectivity index (χ1) is 8.77. The van der Waals surface area contributed by atoms with Crippen molar-refractivity contribution in [1.29, 1.82) is 0 Å². The van der Waals surface area contributed by atoms with E-state index in [4.69, 9.17) is 10.7 Å². The molecule has 4 heteroatoms. The maximum Gasteiger partial charge on any atom is 0.115 e. The SMILES string of the molecule is NC1(c2nc3c(s2)CCC3)CCN2CCCCC21. The van der Waals surface area contributed by atoms with E-state index in [0.717, 1.165) is 6.42 Å². The zero-order valence-electron chi connectivity index (χ0n) is 10.8. The van der Waals surface area contributed by atoms with Crippen molar-refractivity contribution in [3.8, 4) is 0 Å². The summed E-state index contributed by atoms with van der Waals surface area (Å²) in [6.07, 6.45) is 8.76. The Morgan fingerprint density at radius 1 is 1.22 bits per heavy atom. The summed E-state index contributed by atoms with van der Waals surface area (Å²) in [5, 5.41) is 1.24. The molecule has 18 heavy (non-hydrogen) atoms. The van der Waals surface area contributed by atoms with E-state index in [-0.39, 0.29) is 5.54 Å². The normalized spacial score (nSPS) is 35.7. The summed E-state index contributed by atoms with van der Waals surface area (Å²) in [4.78, 5) is 9.03. The summed E-state index contributed by atoms with van der Waals surface area (Å²) < 4.78 is 0. The van der Waals surface area contributed by atoms with E-state index in [1.54, 1.807) is 0 Å². The van der Waals surface area contributed by atoms with Crippen molar-refractivity contribution < 1.29 is 0 Å². The lowest BCUT2D eigenvalue weighted by Crippen LogP contribution is -2.50. The molecule has 2 aliphatic heterocycles. The summed E-state index contributed by atoms with van der Waals surface area (Å²) in [6.45, 7) is 2.42. The maximum absolute atomic E-state index is 6.80. The van der Waals surface area contributed by atoms with E-state index in [9.17, 15) is 0 Å². The number of aromatic nitrogens is 1. The molecule has 2 atom stereocenters. The number of aryl methyl sites for hydroxylation is 2. The minimum Gasteiger partial charge on any atom is -0.318 e. The van der Waals surface area contributed by atoms with Crippen LogP contribution in [0.4, 0.5) is 0 Å². The molecule has 3 nitrogen and oxygen atoms in total. The molecule has 0 spiro atoms. The van der Waals surface area contributed by atoms with Crippen molar-refractivity contribution in [2.24, 2.45) is 5.73 Å². The number of fused-ring (bicyclic) bond motifs is 2. The van der Waals surface area contributed by atoms with Crippen LogP contribution in [-0.4, -0.2) is 29.0 Å². The zero-order chi connectivity index (χ0) is 12.2. The van der Waals surface area contributed by atoms with Crippen LogP contribution >= 0.6 is 11.3 Å². The molecule has 2 saturated heterocycles. The molecule has 0 amide bonds. The number of thiazole rings is 1. The second-order valence-corrected chi connectivity index (χ2v) is 7.16. The monoisotopic (exact) mass is 263 g/mol. The highest BCUT2D eigenvalue weighted by Crippen LogP contribution is 2.43. The van der Waals surface area contributed by atoms with E-state index in [0.29, 0.717) is 6.04 Å². The van der Waals surface area contributed by atoms with E-state index in [1.165, 1.54) is 67.2 Å². The van der Waals surface area contributed by atoms with Gasteiger partial charge >= 0.3 is 0 Å². The molecular formula is C14H21N3S. The van der Waals surface area contributed by atoms with Crippen LogP contribution in [0.2, 0.25) is 0 Å². The number of piperidine rings is 1. The lowest BCUT2D eigenvalue weighted by Gasteiger charge is -2.37. The van der Waals surface area contributed by atoms with Crippen LogP contribution in [0.5, 0.6) is 0 Å². The molecule has 1 aliphatic carbocycles. The van der Waals surface area contributed by atoms with Crippen molar-refractivity contribution >= 4 is 11.3 Å². The number of hydrogen-bond donors (Lipinski definition) is 1. The smallest absolute Gasteiger partial charge is 0.115 e. The molecule has 1 aromatic rings. The Labute approximate surface area is 112 Å². The molecule has 0 radical (unpaired) electrons. The first-order valence-electron chi connectivity index (χ1n) is 7.29.